The number of nitrogens with one attached hydrogen (secondary N) is 1. The van der Waals surface area contributed by atoms with Gasteiger partial charge in [-0.3, -0.25) is 10.1 Å². The first kappa shape index (κ1) is 15.8. The molecule has 1 amide bonds. The number of carbonyl (C=O) groups excluding carboxylic acids is 1. The molecule has 4 heteroatoms. The summed E-state index contributed by atoms with van der Waals surface area (Å²) in [6, 6.07) is 0.0416. The molecule has 20 heavy (non-hydrogen) atoms. The van der Waals surface area contributed by atoms with Crippen LogP contribution in [0.5, 0.6) is 0 Å². The molecule has 4 nitrogen and oxygen atoms in total. The van der Waals surface area contributed by atoms with Gasteiger partial charge in [0.05, 0.1) is 12.2 Å². The van der Waals surface area contributed by atoms with E-state index < -0.39 is 0 Å². The van der Waals surface area contributed by atoms with Crippen LogP contribution in [0.2, 0.25) is 0 Å². The number of amides is 1. The highest BCUT2D eigenvalue weighted by atomic mass is 16.2. The third kappa shape index (κ3) is 3.53. The molecule has 2 aliphatic rings. The molecule has 0 aliphatic carbocycles. The van der Waals surface area contributed by atoms with Crippen molar-refractivity contribution in [3.05, 3.63) is 0 Å². The monoisotopic (exact) mass is 281 g/mol. The highest BCUT2D eigenvalue weighted by molar-refractivity contribution is 5.84. The summed E-state index contributed by atoms with van der Waals surface area (Å²) in [5, 5.41) is 3.50. The Bertz CT molecular complexity index is 324. The summed E-state index contributed by atoms with van der Waals surface area (Å²) in [6.07, 6.45) is 4.87. The van der Waals surface area contributed by atoms with Crippen LogP contribution >= 0.6 is 0 Å². The maximum atomic E-state index is 12.4. The van der Waals surface area contributed by atoms with Crippen molar-refractivity contribution >= 4 is 5.91 Å². The number of nitrogens with zero attached hydrogens (tertiary/aromatic N) is 2. The molecule has 0 aromatic rings. The maximum absolute atomic E-state index is 12.4. The Balaban J connectivity index is 1.87. The van der Waals surface area contributed by atoms with Crippen LogP contribution in [0.1, 0.15) is 46.5 Å². The minimum Gasteiger partial charge on any atom is -0.326 e. The third-order valence-electron chi connectivity index (χ3n) is 4.95. The van der Waals surface area contributed by atoms with Gasteiger partial charge in [-0.1, -0.05) is 20.8 Å². The molecule has 1 N–H and O–H groups in total. The largest absolute Gasteiger partial charge is 0.326 e. The standard InChI is InChI=1S/C16H31N3O/c1-5-14-16(20)19(15(17-14)12(2)3)11-8-13-6-9-18(4)10-7-13/h12-15,17H,5-11H2,1-4H3. The molecule has 2 atom stereocenters. The zero-order valence-electron chi connectivity index (χ0n) is 13.6. The summed E-state index contributed by atoms with van der Waals surface area (Å²) in [5.41, 5.74) is 0. The van der Waals surface area contributed by atoms with Gasteiger partial charge in [0.25, 0.3) is 0 Å². The fraction of sp³-hybridized carbons (Fsp3) is 0.938. The smallest absolute Gasteiger partial charge is 0.241 e. The lowest BCUT2D eigenvalue weighted by molar-refractivity contribution is -0.130. The first-order chi connectivity index (χ1) is 9.52. The van der Waals surface area contributed by atoms with E-state index >= 15 is 0 Å². The van der Waals surface area contributed by atoms with Gasteiger partial charge >= 0.3 is 0 Å². The number of carbonyl (C=O) groups is 1. The van der Waals surface area contributed by atoms with E-state index in [-0.39, 0.29) is 12.2 Å². The SMILES string of the molecule is CCC1NC(C(C)C)N(CCC2CCN(C)CC2)C1=O. The van der Waals surface area contributed by atoms with Crippen LogP contribution in [-0.4, -0.2) is 54.6 Å². The zero-order chi connectivity index (χ0) is 14.7. The van der Waals surface area contributed by atoms with Crippen LogP contribution in [0.4, 0.5) is 0 Å². The van der Waals surface area contributed by atoms with Gasteiger partial charge in [-0.2, -0.15) is 0 Å². The topological polar surface area (TPSA) is 35.6 Å². The molecular weight excluding hydrogens is 250 g/mol. The lowest BCUT2D eigenvalue weighted by atomic mass is 9.93. The number of hydrogen-bond donors (Lipinski definition) is 1. The fourth-order valence-electron chi connectivity index (χ4n) is 3.47. The van der Waals surface area contributed by atoms with Crippen molar-refractivity contribution in [2.24, 2.45) is 11.8 Å². The van der Waals surface area contributed by atoms with Crippen molar-refractivity contribution in [1.29, 1.82) is 0 Å². The number of rotatable bonds is 5. The van der Waals surface area contributed by atoms with Crippen LogP contribution in [0.15, 0.2) is 0 Å². The van der Waals surface area contributed by atoms with Crippen LogP contribution in [0, 0.1) is 11.8 Å². The highest BCUT2D eigenvalue weighted by Gasteiger charge is 2.39. The van der Waals surface area contributed by atoms with E-state index in [2.05, 4.69) is 42.9 Å². The van der Waals surface area contributed by atoms with E-state index in [9.17, 15) is 4.79 Å². The Hall–Kier alpha value is -0.610. The summed E-state index contributed by atoms with van der Waals surface area (Å²) in [5.74, 6) is 1.60. The van der Waals surface area contributed by atoms with Crippen LogP contribution < -0.4 is 5.32 Å². The van der Waals surface area contributed by atoms with E-state index in [1.807, 2.05) is 0 Å². The van der Waals surface area contributed by atoms with Gasteiger partial charge in [-0.05, 0) is 57.7 Å². The van der Waals surface area contributed by atoms with E-state index in [1.165, 1.54) is 32.4 Å². The van der Waals surface area contributed by atoms with E-state index in [1.54, 1.807) is 0 Å². The summed E-state index contributed by atoms with van der Waals surface area (Å²) < 4.78 is 0. The molecule has 2 unspecified atom stereocenters. The number of piperidine rings is 1. The summed E-state index contributed by atoms with van der Waals surface area (Å²) in [7, 11) is 2.20. The highest BCUT2D eigenvalue weighted by Crippen LogP contribution is 2.24. The Morgan fingerprint density at radius 3 is 2.50 bits per heavy atom. The lowest BCUT2D eigenvalue weighted by Gasteiger charge is -2.32. The first-order valence-electron chi connectivity index (χ1n) is 8.28. The van der Waals surface area contributed by atoms with Crippen LogP contribution in [-0.2, 0) is 4.79 Å². The van der Waals surface area contributed by atoms with Gasteiger partial charge in [0.1, 0.15) is 0 Å². The maximum Gasteiger partial charge on any atom is 0.241 e. The van der Waals surface area contributed by atoms with Gasteiger partial charge in [-0.15, -0.1) is 0 Å². The van der Waals surface area contributed by atoms with Crippen molar-refractivity contribution in [3.63, 3.8) is 0 Å². The van der Waals surface area contributed by atoms with Crippen molar-refractivity contribution < 1.29 is 4.79 Å². The van der Waals surface area contributed by atoms with Gasteiger partial charge in [0.2, 0.25) is 5.91 Å². The minimum atomic E-state index is 0.0416. The molecular formula is C16H31N3O. The predicted molar refractivity (Wildman–Crippen MR) is 82.4 cm³/mol. The number of likely N-dealkylation sites (tertiary alicyclic amines) is 1. The molecule has 0 radical (unpaired) electrons. The molecule has 2 fully saturated rings. The molecule has 0 spiro atoms. The molecule has 0 aromatic carbocycles. The van der Waals surface area contributed by atoms with Crippen LogP contribution in [0.3, 0.4) is 0 Å². The Morgan fingerprint density at radius 1 is 1.30 bits per heavy atom. The zero-order valence-corrected chi connectivity index (χ0v) is 13.6. The van der Waals surface area contributed by atoms with E-state index in [0.29, 0.717) is 11.8 Å². The first-order valence-corrected chi connectivity index (χ1v) is 8.28. The van der Waals surface area contributed by atoms with E-state index in [4.69, 9.17) is 0 Å². The molecule has 2 heterocycles. The minimum absolute atomic E-state index is 0.0416. The molecule has 116 valence electrons. The second-order valence-corrected chi connectivity index (χ2v) is 6.88. The molecule has 2 saturated heterocycles. The van der Waals surface area contributed by atoms with Gasteiger partial charge < -0.3 is 9.80 Å². The molecule has 2 aliphatic heterocycles. The van der Waals surface area contributed by atoms with Crippen molar-refractivity contribution in [3.8, 4) is 0 Å². The van der Waals surface area contributed by atoms with Crippen molar-refractivity contribution in [2.45, 2.75) is 58.7 Å². The summed E-state index contributed by atoms with van der Waals surface area (Å²) in [4.78, 5) is 16.9. The fourth-order valence-corrected chi connectivity index (χ4v) is 3.47. The van der Waals surface area contributed by atoms with Gasteiger partial charge in [0.15, 0.2) is 0 Å². The van der Waals surface area contributed by atoms with Crippen molar-refractivity contribution in [1.82, 2.24) is 15.1 Å². The Kier molecular flexibility index (Phi) is 5.44. The predicted octanol–water partition coefficient (Wildman–Crippen LogP) is 1.91. The van der Waals surface area contributed by atoms with E-state index in [0.717, 1.165) is 18.9 Å². The lowest BCUT2D eigenvalue weighted by Crippen LogP contribution is -2.42. The number of hydrogen-bond acceptors (Lipinski definition) is 3. The quantitative estimate of drug-likeness (QED) is 0.836. The Morgan fingerprint density at radius 2 is 1.95 bits per heavy atom. The van der Waals surface area contributed by atoms with Gasteiger partial charge in [-0.25, -0.2) is 0 Å². The van der Waals surface area contributed by atoms with Gasteiger partial charge in [0, 0.05) is 6.54 Å². The summed E-state index contributed by atoms with van der Waals surface area (Å²) in [6.45, 7) is 9.84. The molecule has 2 rings (SSSR count). The Labute approximate surface area is 123 Å². The molecule has 0 bridgehead atoms. The average molecular weight is 281 g/mol. The second kappa shape index (κ2) is 6.90. The average Bonchev–Trinajstić information content (AvgIpc) is 2.75. The molecule has 0 saturated carbocycles. The third-order valence-corrected chi connectivity index (χ3v) is 4.95. The second-order valence-electron chi connectivity index (χ2n) is 6.88. The normalized spacial score (nSPS) is 29.6. The molecule has 0 aromatic heterocycles. The summed E-state index contributed by atoms with van der Waals surface area (Å²) >= 11 is 0. The van der Waals surface area contributed by atoms with Crippen LogP contribution in [0.25, 0.3) is 0 Å². The van der Waals surface area contributed by atoms with Crippen molar-refractivity contribution in [2.75, 3.05) is 26.7 Å².